The van der Waals surface area contributed by atoms with Crippen LogP contribution in [-0.2, 0) is 14.8 Å². The number of aryl methyl sites for hydroxylation is 1. The van der Waals surface area contributed by atoms with Crippen LogP contribution >= 0.6 is 0 Å². The second-order valence-electron chi connectivity index (χ2n) is 7.39. The largest absolute Gasteiger partial charge is 0.350 e. The Labute approximate surface area is 178 Å². The van der Waals surface area contributed by atoms with E-state index in [1.807, 2.05) is 26.8 Å². The molecule has 7 nitrogen and oxygen atoms in total. The van der Waals surface area contributed by atoms with E-state index in [9.17, 15) is 18.0 Å². The quantitative estimate of drug-likeness (QED) is 0.670. The number of carbonyl (C=O) groups excluding carboxylic acids is 2. The van der Waals surface area contributed by atoms with Crippen LogP contribution in [0.15, 0.2) is 48.5 Å². The maximum atomic E-state index is 13.0. The molecule has 0 aliphatic carbocycles. The molecule has 0 radical (unpaired) electrons. The van der Waals surface area contributed by atoms with Crippen molar-refractivity contribution in [2.75, 3.05) is 15.9 Å². The normalized spacial score (nSPS) is 13.2. The summed E-state index contributed by atoms with van der Waals surface area (Å²) in [5, 5.41) is 5.58. The van der Waals surface area contributed by atoms with E-state index >= 15 is 0 Å². The number of sulfonamides is 1. The highest BCUT2D eigenvalue weighted by Crippen LogP contribution is 2.23. The van der Waals surface area contributed by atoms with Gasteiger partial charge < -0.3 is 10.6 Å². The molecule has 0 unspecified atom stereocenters. The third-order valence-electron chi connectivity index (χ3n) is 4.76. The maximum Gasteiger partial charge on any atom is 0.253 e. The smallest absolute Gasteiger partial charge is 0.253 e. The number of para-hydroxylation sites is 1. The van der Waals surface area contributed by atoms with E-state index in [0.29, 0.717) is 16.9 Å². The van der Waals surface area contributed by atoms with Crippen LogP contribution in [-0.4, -0.2) is 38.6 Å². The van der Waals surface area contributed by atoms with Crippen LogP contribution in [0, 0.1) is 6.92 Å². The molecule has 0 heterocycles. The number of nitrogens with one attached hydrogen (secondary N) is 2. The van der Waals surface area contributed by atoms with Crippen molar-refractivity contribution in [3.05, 3.63) is 59.7 Å². The second-order valence-corrected chi connectivity index (χ2v) is 9.25. The Kier molecular flexibility index (Phi) is 7.61. The maximum absolute atomic E-state index is 13.0. The van der Waals surface area contributed by atoms with Gasteiger partial charge in [0.1, 0.15) is 6.04 Å². The molecule has 2 atom stereocenters. The summed E-state index contributed by atoms with van der Waals surface area (Å²) in [4.78, 5) is 25.5. The van der Waals surface area contributed by atoms with Gasteiger partial charge in [-0.1, -0.05) is 31.2 Å². The summed E-state index contributed by atoms with van der Waals surface area (Å²) >= 11 is 0. The topological polar surface area (TPSA) is 95.6 Å². The van der Waals surface area contributed by atoms with Crippen molar-refractivity contribution in [2.45, 2.75) is 46.2 Å². The Bertz CT molecular complexity index is 1020. The Morgan fingerprint density at radius 3 is 2.33 bits per heavy atom. The van der Waals surface area contributed by atoms with Gasteiger partial charge in [-0.05, 0) is 57.0 Å². The zero-order chi connectivity index (χ0) is 22.5. The SMILES string of the molecule is CC[C@@H](C)NC(=O)c1ccccc1NC(=O)[C@H](C)N(c1cccc(C)c1)S(C)(=O)=O. The summed E-state index contributed by atoms with van der Waals surface area (Å²) in [6.07, 6.45) is 1.84. The minimum atomic E-state index is -3.72. The zero-order valence-electron chi connectivity index (χ0n) is 18.0. The van der Waals surface area contributed by atoms with E-state index in [1.165, 1.54) is 6.92 Å². The van der Waals surface area contributed by atoms with Crippen molar-refractivity contribution in [3.63, 3.8) is 0 Å². The molecule has 0 aromatic heterocycles. The molecule has 2 aromatic carbocycles. The molecule has 2 rings (SSSR count). The molecule has 30 heavy (non-hydrogen) atoms. The summed E-state index contributed by atoms with van der Waals surface area (Å²) in [7, 11) is -3.72. The molecular weight excluding hydrogens is 402 g/mol. The van der Waals surface area contributed by atoms with E-state index in [-0.39, 0.29) is 11.9 Å². The third-order valence-corrected chi connectivity index (χ3v) is 6.01. The first kappa shape index (κ1) is 23.4. The second kappa shape index (κ2) is 9.75. The van der Waals surface area contributed by atoms with Gasteiger partial charge in [0, 0.05) is 6.04 Å². The Hall–Kier alpha value is -2.87. The lowest BCUT2D eigenvalue weighted by Gasteiger charge is -2.28. The molecule has 2 aromatic rings. The van der Waals surface area contributed by atoms with Gasteiger partial charge in [0.15, 0.2) is 0 Å². The first-order valence-electron chi connectivity index (χ1n) is 9.81. The average molecular weight is 432 g/mol. The van der Waals surface area contributed by atoms with Crippen LogP contribution in [0.1, 0.15) is 43.1 Å². The number of benzene rings is 2. The lowest BCUT2D eigenvalue weighted by molar-refractivity contribution is -0.116. The highest BCUT2D eigenvalue weighted by molar-refractivity contribution is 7.92. The molecule has 0 aliphatic rings. The van der Waals surface area contributed by atoms with Crippen LogP contribution < -0.4 is 14.9 Å². The fourth-order valence-electron chi connectivity index (χ4n) is 3.00. The minimum absolute atomic E-state index is 0.0118. The average Bonchev–Trinajstić information content (AvgIpc) is 2.67. The lowest BCUT2D eigenvalue weighted by Crippen LogP contribution is -2.45. The number of amides is 2. The van der Waals surface area contributed by atoms with Crippen LogP contribution in [0.5, 0.6) is 0 Å². The van der Waals surface area contributed by atoms with Crippen molar-refractivity contribution < 1.29 is 18.0 Å². The van der Waals surface area contributed by atoms with Crippen LogP contribution in [0.2, 0.25) is 0 Å². The molecule has 0 aliphatic heterocycles. The summed E-state index contributed by atoms with van der Waals surface area (Å²) in [6, 6.07) is 12.6. The Morgan fingerprint density at radius 2 is 1.73 bits per heavy atom. The van der Waals surface area contributed by atoms with Gasteiger partial charge in [-0.15, -0.1) is 0 Å². The van der Waals surface area contributed by atoms with Gasteiger partial charge in [-0.25, -0.2) is 8.42 Å². The van der Waals surface area contributed by atoms with Gasteiger partial charge in [0.25, 0.3) is 5.91 Å². The first-order valence-corrected chi connectivity index (χ1v) is 11.7. The fourth-order valence-corrected chi connectivity index (χ4v) is 4.17. The molecule has 8 heteroatoms. The Morgan fingerprint density at radius 1 is 1.07 bits per heavy atom. The van der Waals surface area contributed by atoms with E-state index in [1.54, 1.807) is 42.5 Å². The fraction of sp³-hybridized carbons (Fsp3) is 0.364. The predicted molar refractivity (Wildman–Crippen MR) is 120 cm³/mol. The van der Waals surface area contributed by atoms with Gasteiger partial charge in [0.05, 0.1) is 23.2 Å². The highest BCUT2D eigenvalue weighted by Gasteiger charge is 2.30. The van der Waals surface area contributed by atoms with Gasteiger partial charge in [-0.2, -0.15) is 0 Å². The first-order chi connectivity index (χ1) is 14.0. The van der Waals surface area contributed by atoms with Crippen LogP contribution in [0.25, 0.3) is 0 Å². The van der Waals surface area contributed by atoms with E-state index < -0.39 is 22.0 Å². The number of anilines is 2. The molecule has 0 spiro atoms. The minimum Gasteiger partial charge on any atom is -0.350 e. The number of hydrogen-bond acceptors (Lipinski definition) is 4. The Balaban J connectivity index is 2.31. The zero-order valence-corrected chi connectivity index (χ0v) is 18.8. The van der Waals surface area contributed by atoms with Gasteiger partial charge >= 0.3 is 0 Å². The molecule has 0 saturated carbocycles. The number of nitrogens with zero attached hydrogens (tertiary/aromatic N) is 1. The number of hydrogen-bond donors (Lipinski definition) is 2. The van der Waals surface area contributed by atoms with E-state index in [2.05, 4.69) is 10.6 Å². The number of carbonyl (C=O) groups is 2. The highest BCUT2D eigenvalue weighted by atomic mass is 32.2. The molecule has 0 fully saturated rings. The van der Waals surface area contributed by atoms with E-state index in [4.69, 9.17) is 0 Å². The van der Waals surface area contributed by atoms with Crippen molar-refractivity contribution in [1.82, 2.24) is 5.32 Å². The summed E-state index contributed by atoms with van der Waals surface area (Å²) in [5.74, 6) is -0.836. The predicted octanol–water partition coefficient (Wildman–Crippen LogP) is 3.32. The van der Waals surface area contributed by atoms with Crippen molar-refractivity contribution in [2.24, 2.45) is 0 Å². The molecule has 2 amide bonds. The van der Waals surface area contributed by atoms with Crippen molar-refractivity contribution in [3.8, 4) is 0 Å². The standard InChI is InChI=1S/C22H29N3O4S/c1-6-16(3)23-22(27)19-12-7-8-13-20(19)24-21(26)17(4)25(30(5,28)29)18-11-9-10-15(2)14-18/h7-14,16-17H,6H2,1-5H3,(H,23,27)(H,24,26)/t16-,17+/m1/s1. The number of rotatable bonds is 8. The van der Waals surface area contributed by atoms with Gasteiger partial charge in [-0.3, -0.25) is 13.9 Å². The van der Waals surface area contributed by atoms with Gasteiger partial charge in [0.2, 0.25) is 15.9 Å². The van der Waals surface area contributed by atoms with Crippen LogP contribution in [0.4, 0.5) is 11.4 Å². The monoisotopic (exact) mass is 431 g/mol. The molecule has 0 saturated heterocycles. The van der Waals surface area contributed by atoms with Crippen molar-refractivity contribution >= 4 is 33.2 Å². The lowest BCUT2D eigenvalue weighted by atomic mass is 10.1. The molecule has 162 valence electrons. The summed E-state index contributed by atoms with van der Waals surface area (Å²) < 4.78 is 26.0. The summed E-state index contributed by atoms with van der Waals surface area (Å²) in [5.41, 5.74) is 1.93. The van der Waals surface area contributed by atoms with E-state index in [0.717, 1.165) is 22.5 Å². The molecule has 0 bridgehead atoms. The third kappa shape index (κ3) is 5.82. The molecular formula is C22H29N3O4S. The summed E-state index contributed by atoms with van der Waals surface area (Å²) in [6.45, 7) is 7.22. The van der Waals surface area contributed by atoms with Crippen molar-refractivity contribution in [1.29, 1.82) is 0 Å². The molecule has 2 N–H and O–H groups in total. The van der Waals surface area contributed by atoms with Crippen LogP contribution in [0.3, 0.4) is 0 Å².